The topological polar surface area (TPSA) is 84.6 Å². The third-order valence-electron chi connectivity index (χ3n) is 2.16. The minimum Gasteiger partial charge on any atom is -0.492 e. The molecule has 0 fully saturated rings. The van der Waals surface area contributed by atoms with Gasteiger partial charge in [-0.05, 0) is 22.9 Å². The molecular weight excluding hydrogens is 300 g/mol. The standard InChI is InChI=1S/C12H12N2O4S2/c15-10-4-5-11(16)14(10)18-12(17)6-8-19-20-9-3-1-2-7-13-9/h1-5,7,15-16H,6,8H2. The summed E-state index contributed by atoms with van der Waals surface area (Å²) < 4.78 is 0.679. The summed E-state index contributed by atoms with van der Waals surface area (Å²) in [6.45, 7) is 0. The van der Waals surface area contributed by atoms with E-state index >= 15 is 0 Å². The molecule has 0 atom stereocenters. The van der Waals surface area contributed by atoms with Crippen LogP contribution in [0.4, 0.5) is 0 Å². The Bertz CT molecular complexity index is 555. The first kappa shape index (κ1) is 14.6. The minimum absolute atomic E-state index is 0.154. The van der Waals surface area contributed by atoms with Crippen molar-refractivity contribution in [1.29, 1.82) is 0 Å². The quantitative estimate of drug-likeness (QED) is 0.624. The molecule has 0 aliphatic rings. The predicted octanol–water partition coefficient (Wildman–Crippen LogP) is 2.08. The molecular formula is C12H12N2O4S2. The van der Waals surface area contributed by atoms with Gasteiger partial charge in [-0.2, -0.15) is 0 Å². The number of hydrogen-bond donors (Lipinski definition) is 2. The number of aromatic nitrogens is 2. The second-order valence-corrected chi connectivity index (χ2v) is 6.07. The molecule has 2 aromatic heterocycles. The van der Waals surface area contributed by atoms with E-state index in [0.717, 1.165) is 5.03 Å². The Morgan fingerprint density at radius 1 is 1.25 bits per heavy atom. The van der Waals surface area contributed by atoms with Gasteiger partial charge in [-0.1, -0.05) is 16.9 Å². The molecule has 0 bridgehead atoms. The SMILES string of the molecule is O=C(CCSSc1ccccn1)On1c(O)ccc1O. The summed E-state index contributed by atoms with van der Waals surface area (Å²) in [5, 5.41) is 19.5. The van der Waals surface area contributed by atoms with Gasteiger partial charge in [-0.15, -0.1) is 4.73 Å². The van der Waals surface area contributed by atoms with Gasteiger partial charge < -0.3 is 15.1 Å². The summed E-state index contributed by atoms with van der Waals surface area (Å²) in [6, 6.07) is 8.07. The number of carbonyl (C=O) groups is 1. The summed E-state index contributed by atoms with van der Waals surface area (Å²) in [4.78, 5) is 20.5. The Balaban J connectivity index is 1.71. The molecule has 0 radical (unpaired) electrons. The summed E-state index contributed by atoms with van der Waals surface area (Å²) in [7, 11) is 2.94. The van der Waals surface area contributed by atoms with Crippen LogP contribution in [-0.2, 0) is 4.79 Å². The zero-order chi connectivity index (χ0) is 14.4. The highest BCUT2D eigenvalue weighted by Crippen LogP contribution is 2.29. The first-order chi connectivity index (χ1) is 9.66. The Morgan fingerprint density at radius 2 is 2.00 bits per heavy atom. The second kappa shape index (κ2) is 7.11. The molecule has 0 saturated carbocycles. The van der Waals surface area contributed by atoms with Crippen molar-refractivity contribution in [2.75, 3.05) is 5.75 Å². The van der Waals surface area contributed by atoms with Crippen LogP contribution in [0.15, 0.2) is 41.6 Å². The number of rotatable bonds is 6. The lowest BCUT2D eigenvalue weighted by Crippen LogP contribution is -2.19. The van der Waals surface area contributed by atoms with Gasteiger partial charge in [0.25, 0.3) is 0 Å². The molecule has 0 amide bonds. The van der Waals surface area contributed by atoms with Crippen LogP contribution in [-0.4, -0.2) is 31.6 Å². The van der Waals surface area contributed by atoms with E-state index in [9.17, 15) is 15.0 Å². The van der Waals surface area contributed by atoms with Crippen LogP contribution in [0, 0.1) is 0 Å². The molecule has 2 N–H and O–H groups in total. The lowest BCUT2D eigenvalue weighted by Gasteiger charge is -2.06. The van der Waals surface area contributed by atoms with Gasteiger partial charge in [-0.25, -0.2) is 9.78 Å². The van der Waals surface area contributed by atoms with Crippen LogP contribution in [0.3, 0.4) is 0 Å². The second-order valence-electron chi connectivity index (χ2n) is 3.63. The van der Waals surface area contributed by atoms with Gasteiger partial charge in [0.15, 0.2) is 0 Å². The fourth-order valence-electron chi connectivity index (χ4n) is 1.27. The Hall–Kier alpha value is -1.80. The van der Waals surface area contributed by atoms with Gasteiger partial charge in [0.2, 0.25) is 11.8 Å². The molecule has 2 aromatic rings. The van der Waals surface area contributed by atoms with Gasteiger partial charge in [0.05, 0.1) is 6.42 Å². The highest BCUT2D eigenvalue weighted by molar-refractivity contribution is 8.76. The van der Waals surface area contributed by atoms with Crippen molar-refractivity contribution in [3.8, 4) is 11.8 Å². The van der Waals surface area contributed by atoms with Crippen LogP contribution in [0.1, 0.15) is 6.42 Å². The summed E-state index contributed by atoms with van der Waals surface area (Å²) >= 11 is 0. The zero-order valence-electron chi connectivity index (χ0n) is 10.3. The average molecular weight is 312 g/mol. The van der Waals surface area contributed by atoms with Crippen LogP contribution in [0.25, 0.3) is 0 Å². The average Bonchev–Trinajstić information content (AvgIpc) is 2.77. The smallest absolute Gasteiger partial charge is 0.334 e. The van der Waals surface area contributed by atoms with E-state index in [1.165, 1.54) is 33.7 Å². The van der Waals surface area contributed by atoms with Crippen molar-refractivity contribution in [2.24, 2.45) is 0 Å². The third-order valence-corrected chi connectivity index (χ3v) is 4.43. The van der Waals surface area contributed by atoms with Gasteiger partial charge in [-0.3, -0.25) is 0 Å². The minimum atomic E-state index is -0.541. The number of pyridine rings is 1. The molecule has 8 heteroatoms. The van der Waals surface area contributed by atoms with Crippen molar-refractivity contribution >= 4 is 27.6 Å². The number of hydrogen-bond acceptors (Lipinski definition) is 7. The molecule has 0 spiro atoms. The Morgan fingerprint density at radius 3 is 2.65 bits per heavy atom. The lowest BCUT2D eigenvalue weighted by molar-refractivity contribution is -0.144. The van der Waals surface area contributed by atoms with E-state index < -0.39 is 5.97 Å². The molecule has 0 saturated heterocycles. The molecule has 0 unspecified atom stereocenters. The van der Waals surface area contributed by atoms with E-state index in [2.05, 4.69) is 4.98 Å². The highest BCUT2D eigenvalue weighted by atomic mass is 33.1. The maximum absolute atomic E-state index is 11.5. The van der Waals surface area contributed by atoms with Crippen molar-refractivity contribution in [3.63, 3.8) is 0 Å². The third kappa shape index (κ3) is 4.10. The molecule has 2 rings (SSSR count). The Labute approximate surface area is 123 Å². The molecule has 0 aliphatic carbocycles. The van der Waals surface area contributed by atoms with Gasteiger partial charge in [0.1, 0.15) is 5.03 Å². The fraction of sp³-hybridized carbons (Fsp3) is 0.167. The van der Waals surface area contributed by atoms with E-state index in [1.54, 1.807) is 6.20 Å². The van der Waals surface area contributed by atoms with Gasteiger partial charge >= 0.3 is 5.97 Å². The van der Waals surface area contributed by atoms with Crippen molar-refractivity contribution < 1.29 is 19.8 Å². The molecule has 20 heavy (non-hydrogen) atoms. The molecule has 0 aromatic carbocycles. The maximum Gasteiger partial charge on any atom is 0.334 e. The van der Waals surface area contributed by atoms with Crippen LogP contribution < -0.4 is 4.84 Å². The van der Waals surface area contributed by atoms with Crippen LogP contribution in [0.5, 0.6) is 11.8 Å². The molecule has 106 valence electrons. The monoisotopic (exact) mass is 312 g/mol. The van der Waals surface area contributed by atoms with Crippen molar-refractivity contribution in [1.82, 2.24) is 9.71 Å². The van der Waals surface area contributed by atoms with Crippen molar-refractivity contribution in [3.05, 3.63) is 36.5 Å². The summed E-state index contributed by atoms with van der Waals surface area (Å²) in [6.07, 6.45) is 1.86. The van der Waals surface area contributed by atoms with Crippen molar-refractivity contribution in [2.45, 2.75) is 11.4 Å². The lowest BCUT2D eigenvalue weighted by atomic mass is 10.5. The van der Waals surface area contributed by atoms with E-state index in [1.807, 2.05) is 18.2 Å². The maximum atomic E-state index is 11.5. The molecule has 0 aliphatic heterocycles. The summed E-state index contributed by atoms with van der Waals surface area (Å²) in [5.41, 5.74) is 0. The number of aromatic hydroxyl groups is 2. The van der Waals surface area contributed by atoms with E-state index in [0.29, 0.717) is 10.5 Å². The first-order valence-corrected chi connectivity index (χ1v) is 8.00. The summed E-state index contributed by atoms with van der Waals surface area (Å²) in [5.74, 6) is -0.665. The fourth-order valence-corrected chi connectivity index (χ4v) is 3.12. The highest BCUT2D eigenvalue weighted by Gasteiger charge is 2.12. The van der Waals surface area contributed by atoms with Crippen LogP contribution in [0.2, 0.25) is 0 Å². The predicted molar refractivity (Wildman–Crippen MR) is 76.5 cm³/mol. The molecule has 6 nitrogen and oxygen atoms in total. The normalized spacial score (nSPS) is 10.4. The number of nitrogens with zero attached hydrogens (tertiary/aromatic N) is 2. The largest absolute Gasteiger partial charge is 0.492 e. The van der Waals surface area contributed by atoms with Gasteiger partial charge in [0, 0.05) is 24.1 Å². The van der Waals surface area contributed by atoms with E-state index in [4.69, 9.17) is 4.84 Å². The number of carbonyl (C=O) groups excluding carboxylic acids is 1. The molecule has 2 heterocycles. The van der Waals surface area contributed by atoms with Crippen LogP contribution >= 0.6 is 21.6 Å². The first-order valence-electron chi connectivity index (χ1n) is 5.68. The van der Waals surface area contributed by atoms with E-state index in [-0.39, 0.29) is 18.2 Å². The zero-order valence-corrected chi connectivity index (χ0v) is 11.9. The Kier molecular flexibility index (Phi) is 5.19.